The second kappa shape index (κ2) is 8.89. The lowest BCUT2D eigenvalue weighted by molar-refractivity contribution is -0.122. The molecule has 7 heteroatoms. The van der Waals surface area contributed by atoms with E-state index in [0.29, 0.717) is 27.9 Å². The van der Waals surface area contributed by atoms with E-state index in [-0.39, 0.29) is 36.6 Å². The van der Waals surface area contributed by atoms with E-state index < -0.39 is 0 Å². The molecule has 1 saturated carbocycles. The van der Waals surface area contributed by atoms with Gasteiger partial charge in [0, 0.05) is 29.5 Å². The normalized spacial score (nSPS) is 17.5. The molecule has 0 aromatic heterocycles. The number of anilines is 2. The zero-order valence-electron chi connectivity index (χ0n) is 15.5. The maximum absolute atomic E-state index is 12.4. The van der Waals surface area contributed by atoms with E-state index in [9.17, 15) is 14.4 Å². The fourth-order valence-corrected chi connectivity index (χ4v) is 2.95. The highest BCUT2D eigenvalue weighted by molar-refractivity contribution is 6.30. The largest absolute Gasteiger partial charge is 0.355 e. The van der Waals surface area contributed by atoms with Crippen molar-refractivity contribution >= 4 is 40.7 Å². The van der Waals surface area contributed by atoms with E-state index in [1.165, 1.54) is 0 Å². The molecular formula is C21H22ClN3O3. The molecule has 0 saturated heterocycles. The molecule has 2 aromatic carbocycles. The standard InChI is InChI=1S/C21H22ClN3O3/c1-13-12-16(13)21(28)23-11-10-19(26)24-17-4-2-3-5-18(17)25-20(27)14-6-8-15(22)9-7-14/h2-9,13,16H,10-12H2,1H3,(H,23,28)(H,24,26)(H,25,27). The lowest BCUT2D eigenvalue weighted by atomic mass is 10.2. The Morgan fingerprint density at radius 1 is 1.00 bits per heavy atom. The molecule has 3 rings (SSSR count). The molecule has 0 radical (unpaired) electrons. The molecule has 1 fully saturated rings. The van der Waals surface area contributed by atoms with Crippen molar-refractivity contribution in [3.05, 3.63) is 59.1 Å². The summed E-state index contributed by atoms with van der Waals surface area (Å²) in [6, 6.07) is 13.5. The molecule has 2 aromatic rings. The maximum Gasteiger partial charge on any atom is 0.255 e. The van der Waals surface area contributed by atoms with Crippen molar-refractivity contribution in [1.82, 2.24) is 5.32 Å². The molecule has 146 valence electrons. The van der Waals surface area contributed by atoms with Gasteiger partial charge in [0.2, 0.25) is 11.8 Å². The molecule has 1 aliphatic rings. The van der Waals surface area contributed by atoms with Gasteiger partial charge in [-0.3, -0.25) is 14.4 Å². The highest BCUT2D eigenvalue weighted by atomic mass is 35.5. The molecular weight excluding hydrogens is 378 g/mol. The van der Waals surface area contributed by atoms with E-state index in [2.05, 4.69) is 16.0 Å². The average molecular weight is 400 g/mol. The number of halogens is 1. The van der Waals surface area contributed by atoms with Crippen molar-refractivity contribution in [3.8, 4) is 0 Å². The summed E-state index contributed by atoms with van der Waals surface area (Å²) in [5.74, 6) is -0.00531. The van der Waals surface area contributed by atoms with Crippen LogP contribution in [0.2, 0.25) is 5.02 Å². The predicted molar refractivity (Wildman–Crippen MR) is 109 cm³/mol. The zero-order valence-corrected chi connectivity index (χ0v) is 16.3. The van der Waals surface area contributed by atoms with Crippen LogP contribution in [-0.2, 0) is 9.59 Å². The second-order valence-corrected chi connectivity index (χ2v) is 7.35. The summed E-state index contributed by atoms with van der Waals surface area (Å²) in [6.07, 6.45) is 1.07. The Balaban J connectivity index is 1.54. The van der Waals surface area contributed by atoms with Gasteiger partial charge in [-0.2, -0.15) is 0 Å². The number of carbonyl (C=O) groups excluding carboxylic acids is 3. The zero-order chi connectivity index (χ0) is 20.1. The Morgan fingerprint density at radius 3 is 2.21 bits per heavy atom. The molecule has 6 nitrogen and oxygen atoms in total. The minimum Gasteiger partial charge on any atom is -0.355 e. The molecule has 2 unspecified atom stereocenters. The van der Waals surface area contributed by atoms with E-state index >= 15 is 0 Å². The number of carbonyl (C=O) groups is 3. The third kappa shape index (κ3) is 5.33. The number of hydrogen-bond donors (Lipinski definition) is 3. The molecule has 0 bridgehead atoms. The number of hydrogen-bond acceptors (Lipinski definition) is 3. The third-order valence-electron chi connectivity index (χ3n) is 4.65. The van der Waals surface area contributed by atoms with Gasteiger partial charge in [-0.15, -0.1) is 0 Å². The first kappa shape index (κ1) is 19.9. The van der Waals surface area contributed by atoms with Crippen LogP contribution in [-0.4, -0.2) is 24.3 Å². The van der Waals surface area contributed by atoms with E-state index in [1.807, 2.05) is 6.92 Å². The Labute approximate surface area is 168 Å². The summed E-state index contributed by atoms with van der Waals surface area (Å²) in [7, 11) is 0. The van der Waals surface area contributed by atoms with Gasteiger partial charge in [-0.05, 0) is 48.7 Å². The van der Waals surface area contributed by atoms with Crippen LogP contribution >= 0.6 is 11.6 Å². The quantitative estimate of drug-likeness (QED) is 0.663. The van der Waals surface area contributed by atoms with Gasteiger partial charge in [0.25, 0.3) is 5.91 Å². The molecule has 1 aliphatic carbocycles. The summed E-state index contributed by atoms with van der Waals surface area (Å²) < 4.78 is 0. The van der Waals surface area contributed by atoms with Crippen LogP contribution in [0.15, 0.2) is 48.5 Å². The number of nitrogens with one attached hydrogen (secondary N) is 3. The van der Waals surface area contributed by atoms with Gasteiger partial charge in [0.15, 0.2) is 0 Å². The summed E-state index contributed by atoms with van der Waals surface area (Å²) in [6.45, 7) is 2.32. The van der Waals surface area contributed by atoms with Gasteiger partial charge in [0.1, 0.15) is 0 Å². The highest BCUT2D eigenvalue weighted by Crippen LogP contribution is 2.37. The van der Waals surface area contributed by atoms with Crippen molar-refractivity contribution in [1.29, 1.82) is 0 Å². The topological polar surface area (TPSA) is 87.3 Å². The van der Waals surface area contributed by atoms with Crippen LogP contribution in [0.3, 0.4) is 0 Å². The maximum atomic E-state index is 12.4. The molecule has 28 heavy (non-hydrogen) atoms. The van der Waals surface area contributed by atoms with Crippen LogP contribution in [0.25, 0.3) is 0 Å². The molecule has 0 heterocycles. The fourth-order valence-electron chi connectivity index (χ4n) is 2.83. The first-order valence-electron chi connectivity index (χ1n) is 9.17. The van der Waals surface area contributed by atoms with E-state index in [0.717, 1.165) is 6.42 Å². The lowest BCUT2D eigenvalue weighted by Crippen LogP contribution is -2.29. The van der Waals surface area contributed by atoms with Crippen molar-refractivity contribution in [2.24, 2.45) is 11.8 Å². The molecule has 3 N–H and O–H groups in total. The van der Waals surface area contributed by atoms with Crippen molar-refractivity contribution in [2.75, 3.05) is 17.2 Å². The first-order valence-corrected chi connectivity index (χ1v) is 9.55. The summed E-state index contributed by atoms with van der Waals surface area (Å²) in [5.41, 5.74) is 1.45. The van der Waals surface area contributed by atoms with Crippen LogP contribution in [0.1, 0.15) is 30.1 Å². The summed E-state index contributed by atoms with van der Waals surface area (Å²) >= 11 is 5.84. The van der Waals surface area contributed by atoms with E-state index in [4.69, 9.17) is 11.6 Å². The summed E-state index contributed by atoms with van der Waals surface area (Å²) in [5, 5.41) is 8.90. The third-order valence-corrected chi connectivity index (χ3v) is 4.91. The van der Waals surface area contributed by atoms with Crippen molar-refractivity contribution in [2.45, 2.75) is 19.8 Å². The molecule has 0 spiro atoms. The monoisotopic (exact) mass is 399 g/mol. The van der Waals surface area contributed by atoms with Crippen molar-refractivity contribution < 1.29 is 14.4 Å². The minimum absolute atomic E-state index is 0.0101. The SMILES string of the molecule is CC1CC1C(=O)NCCC(=O)Nc1ccccc1NC(=O)c1ccc(Cl)cc1. The molecule has 0 aliphatic heterocycles. The van der Waals surface area contributed by atoms with Crippen LogP contribution in [0.5, 0.6) is 0 Å². The van der Waals surface area contributed by atoms with Gasteiger partial charge in [0.05, 0.1) is 11.4 Å². The smallest absolute Gasteiger partial charge is 0.255 e. The van der Waals surface area contributed by atoms with Gasteiger partial charge in [-0.1, -0.05) is 30.7 Å². The second-order valence-electron chi connectivity index (χ2n) is 6.92. The Morgan fingerprint density at radius 2 is 1.61 bits per heavy atom. The first-order chi connectivity index (χ1) is 13.4. The van der Waals surface area contributed by atoms with Crippen LogP contribution in [0.4, 0.5) is 11.4 Å². The summed E-state index contributed by atoms with van der Waals surface area (Å²) in [4.78, 5) is 36.4. The number of benzene rings is 2. The van der Waals surface area contributed by atoms with Gasteiger partial charge >= 0.3 is 0 Å². The Hall–Kier alpha value is -2.86. The fraction of sp³-hybridized carbons (Fsp3) is 0.286. The molecule has 2 atom stereocenters. The molecule has 3 amide bonds. The highest BCUT2D eigenvalue weighted by Gasteiger charge is 2.38. The lowest BCUT2D eigenvalue weighted by Gasteiger charge is -2.12. The van der Waals surface area contributed by atoms with E-state index in [1.54, 1.807) is 48.5 Å². The van der Waals surface area contributed by atoms with Gasteiger partial charge < -0.3 is 16.0 Å². The Kier molecular flexibility index (Phi) is 6.31. The average Bonchev–Trinajstić information content (AvgIpc) is 3.40. The number of rotatable bonds is 7. The predicted octanol–water partition coefficient (Wildman–Crippen LogP) is 3.69. The van der Waals surface area contributed by atoms with Crippen LogP contribution < -0.4 is 16.0 Å². The van der Waals surface area contributed by atoms with Crippen LogP contribution in [0, 0.1) is 11.8 Å². The number of amides is 3. The minimum atomic E-state index is -0.302. The van der Waals surface area contributed by atoms with Gasteiger partial charge in [-0.25, -0.2) is 0 Å². The number of para-hydroxylation sites is 2. The van der Waals surface area contributed by atoms with Crippen molar-refractivity contribution in [3.63, 3.8) is 0 Å². The Bertz CT molecular complexity index is 883.